The lowest BCUT2D eigenvalue weighted by atomic mass is 10.2. The smallest absolute Gasteiger partial charge is 0.148 e. The normalized spacial score (nSPS) is 10.3. The molecule has 0 aromatic heterocycles. The standard InChI is InChI=1S/C13H12ClFN2/c1-8-2-4-13(11(16)6-8)17-12-5-3-9(14)7-10(12)15/h2-7,17H,16H2,1H3. The van der Waals surface area contributed by atoms with Crippen LogP contribution in [0.1, 0.15) is 5.56 Å². The van der Waals surface area contributed by atoms with Crippen LogP contribution in [-0.4, -0.2) is 0 Å². The molecule has 0 saturated carbocycles. The monoisotopic (exact) mass is 250 g/mol. The Morgan fingerprint density at radius 3 is 2.47 bits per heavy atom. The van der Waals surface area contributed by atoms with Crippen molar-refractivity contribution in [2.24, 2.45) is 0 Å². The molecule has 0 heterocycles. The van der Waals surface area contributed by atoms with Crippen molar-refractivity contribution in [1.82, 2.24) is 0 Å². The number of nitrogens with two attached hydrogens (primary N) is 1. The van der Waals surface area contributed by atoms with Gasteiger partial charge in [0, 0.05) is 5.02 Å². The number of halogens is 2. The molecule has 88 valence electrons. The summed E-state index contributed by atoms with van der Waals surface area (Å²) in [6.45, 7) is 1.95. The molecule has 0 amide bonds. The molecule has 0 aliphatic heterocycles. The van der Waals surface area contributed by atoms with E-state index < -0.39 is 5.82 Å². The lowest BCUT2D eigenvalue weighted by Crippen LogP contribution is -1.98. The summed E-state index contributed by atoms with van der Waals surface area (Å²) in [7, 11) is 0. The van der Waals surface area contributed by atoms with Gasteiger partial charge >= 0.3 is 0 Å². The largest absolute Gasteiger partial charge is 0.397 e. The molecule has 4 heteroatoms. The molecule has 0 saturated heterocycles. The van der Waals surface area contributed by atoms with Gasteiger partial charge in [-0.15, -0.1) is 0 Å². The SMILES string of the molecule is Cc1ccc(Nc2ccc(Cl)cc2F)c(N)c1. The number of nitrogens with one attached hydrogen (secondary N) is 1. The Kier molecular flexibility index (Phi) is 3.20. The topological polar surface area (TPSA) is 38.0 Å². The van der Waals surface area contributed by atoms with Crippen LogP contribution in [0.5, 0.6) is 0 Å². The third-order valence-electron chi connectivity index (χ3n) is 2.41. The minimum atomic E-state index is -0.405. The third kappa shape index (κ3) is 2.68. The minimum Gasteiger partial charge on any atom is -0.397 e. The van der Waals surface area contributed by atoms with Crippen molar-refractivity contribution >= 4 is 28.7 Å². The molecule has 17 heavy (non-hydrogen) atoms. The molecule has 0 spiro atoms. The second-order valence-corrected chi connectivity index (χ2v) is 4.28. The summed E-state index contributed by atoms with van der Waals surface area (Å²) in [5.74, 6) is -0.405. The van der Waals surface area contributed by atoms with Crippen LogP contribution in [0.15, 0.2) is 36.4 Å². The zero-order chi connectivity index (χ0) is 12.4. The average Bonchev–Trinajstić information content (AvgIpc) is 2.25. The first-order chi connectivity index (χ1) is 8.06. The van der Waals surface area contributed by atoms with Crippen LogP contribution in [0.25, 0.3) is 0 Å². The third-order valence-corrected chi connectivity index (χ3v) is 2.64. The lowest BCUT2D eigenvalue weighted by Gasteiger charge is -2.10. The Balaban J connectivity index is 2.31. The van der Waals surface area contributed by atoms with Gasteiger partial charge in [-0.25, -0.2) is 4.39 Å². The summed E-state index contributed by atoms with van der Waals surface area (Å²) in [5.41, 5.74) is 8.51. The Hall–Kier alpha value is -1.74. The molecule has 0 fully saturated rings. The van der Waals surface area contributed by atoms with Crippen molar-refractivity contribution in [3.63, 3.8) is 0 Å². The number of nitrogen functional groups attached to an aromatic ring is 1. The molecule has 0 aliphatic carbocycles. The number of benzene rings is 2. The number of anilines is 3. The number of rotatable bonds is 2. The maximum atomic E-state index is 13.6. The van der Waals surface area contributed by atoms with Gasteiger partial charge in [-0.1, -0.05) is 17.7 Å². The molecule has 0 unspecified atom stereocenters. The predicted octanol–water partition coefficient (Wildman–Crippen LogP) is 4.11. The Morgan fingerprint density at radius 2 is 1.82 bits per heavy atom. The van der Waals surface area contributed by atoms with E-state index in [0.29, 0.717) is 22.1 Å². The summed E-state index contributed by atoms with van der Waals surface area (Å²) in [6, 6.07) is 10.0. The van der Waals surface area contributed by atoms with Gasteiger partial charge in [-0.2, -0.15) is 0 Å². The zero-order valence-electron chi connectivity index (χ0n) is 9.30. The van der Waals surface area contributed by atoms with Crippen molar-refractivity contribution in [3.8, 4) is 0 Å². The Labute approximate surface area is 104 Å². The van der Waals surface area contributed by atoms with E-state index in [-0.39, 0.29) is 0 Å². The first kappa shape index (κ1) is 11.7. The molecule has 0 radical (unpaired) electrons. The van der Waals surface area contributed by atoms with Crippen molar-refractivity contribution in [2.45, 2.75) is 6.92 Å². The fraction of sp³-hybridized carbons (Fsp3) is 0.0769. The van der Waals surface area contributed by atoms with Gasteiger partial charge in [0.15, 0.2) is 0 Å². The van der Waals surface area contributed by atoms with E-state index in [1.807, 2.05) is 25.1 Å². The Bertz CT molecular complexity index is 506. The van der Waals surface area contributed by atoms with Crippen molar-refractivity contribution in [2.75, 3.05) is 11.1 Å². The summed E-state index contributed by atoms with van der Waals surface area (Å²) in [5, 5.41) is 3.30. The van der Waals surface area contributed by atoms with Crippen LogP contribution in [0.3, 0.4) is 0 Å². The minimum absolute atomic E-state index is 0.352. The molecule has 2 aromatic carbocycles. The van der Waals surface area contributed by atoms with Gasteiger partial charge in [-0.05, 0) is 42.8 Å². The quantitative estimate of drug-likeness (QED) is 0.787. The molecule has 2 rings (SSSR count). The van der Waals surface area contributed by atoms with E-state index in [9.17, 15) is 4.39 Å². The molecular formula is C13H12ClFN2. The molecule has 0 aliphatic rings. The Morgan fingerprint density at radius 1 is 1.12 bits per heavy atom. The van der Waals surface area contributed by atoms with Crippen molar-refractivity contribution in [3.05, 3.63) is 52.8 Å². The van der Waals surface area contributed by atoms with Crippen LogP contribution in [0, 0.1) is 12.7 Å². The summed E-state index contributed by atoms with van der Waals surface area (Å²) in [6.07, 6.45) is 0. The van der Waals surface area contributed by atoms with Gasteiger partial charge < -0.3 is 11.1 Å². The zero-order valence-corrected chi connectivity index (χ0v) is 10.1. The van der Waals surface area contributed by atoms with Crippen LogP contribution in [0.2, 0.25) is 5.02 Å². The second-order valence-electron chi connectivity index (χ2n) is 3.84. The summed E-state index contributed by atoms with van der Waals surface area (Å²) < 4.78 is 13.6. The highest BCUT2D eigenvalue weighted by atomic mass is 35.5. The van der Waals surface area contributed by atoms with Crippen LogP contribution < -0.4 is 11.1 Å². The van der Waals surface area contributed by atoms with Gasteiger partial charge in [0.05, 0.1) is 17.1 Å². The van der Waals surface area contributed by atoms with Crippen molar-refractivity contribution in [1.29, 1.82) is 0 Å². The molecule has 3 N–H and O–H groups in total. The van der Waals surface area contributed by atoms with Crippen LogP contribution in [-0.2, 0) is 0 Å². The second kappa shape index (κ2) is 4.63. The van der Waals surface area contributed by atoms with Gasteiger partial charge in [-0.3, -0.25) is 0 Å². The molecule has 0 bridgehead atoms. The average molecular weight is 251 g/mol. The summed E-state index contributed by atoms with van der Waals surface area (Å²) >= 11 is 5.68. The van der Waals surface area contributed by atoms with E-state index >= 15 is 0 Å². The molecular weight excluding hydrogens is 239 g/mol. The lowest BCUT2D eigenvalue weighted by molar-refractivity contribution is 0.632. The predicted molar refractivity (Wildman–Crippen MR) is 70.3 cm³/mol. The van der Waals surface area contributed by atoms with E-state index in [0.717, 1.165) is 5.56 Å². The van der Waals surface area contributed by atoms with Gasteiger partial charge in [0.1, 0.15) is 5.82 Å². The maximum absolute atomic E-state index is 13.6. The highest BCUT2D eigenvalue weighted by Gasteiger charge is 2.05. The van der Waals surface area contributed by atoms with E-state index in [4.69, 9.17) is 17.3 Å². The molecule has 2 nitrogen and oxygen atoms in total. The van der Waals surface area contributed by atoms with Crippen LogP contribution in [0.4, 0.5) is 21.5 Å². The first-order valence-corrected chi connectivity index (χ1v) is 5.52. The van der Waals surface area contributed by atoms with Crippen molar-refractivity contribution < 1.29 is 4.39 Å². The molecule has 0 atom stereocenters. The highest BCUT2D eigenvalue weighted by Crippen LogP contribution is 2.26. The summed E-state index contributed by atoms with van der Waals surface area (Å²) in [4.78, 5) is 0. The first-order valence-electron chi connectivity index (χ1n) is 5.14. The number of aryl methyl sites for hydroxylation is 1. The van der Waals surface area contributed by atoms with E-state index in [2.05, 4.69) is 5.32 Å². The molecule has 2 aromatic rings. The van der Waals surface area contributed by atoms with Gasteiger partial charge in [0.2, 0.25) is 0 Å². The fourth-order valence-corrected chi connectivity index (χ4v) is 1.69. The highest BCUT2D eigenvalue weighted by molar-refractivity contribution is 6.30. The maximum Gasteiger partial charge on any atom is 0.148 e. The van der Waals surface area contributed by atoms with Gasteiger partial charge in [0.25, 0.3) is 0 Å². The fourth-order valence-electron chi connectivity index (χ4n) is 1.53. The van der Waals surface area contributed by atoms with E-state index in [1.54, 1.807) is 12.1 Å². The number of hydrogen-bond acceptors (Lipinski definition) is 2. The number of hydrogen-bond donors (Lipinski definition) is 2. The van der Waals surface area contributed by atoms with E-state index in [1.165, 1.54) is 6.07 Å². The van der Waals surface area contributed by atoms with Crippen LogP contribution >= 0.6 is 11.6 Å².